The van der Waals surface area contributed by atoms with Crippen LogP contribution in [0.15, 0.2) is 12.4 Å². The summed E-state index contributed by atoms with van der Waals surface area (Å²) >= 11 is 1.76. The Morgan fingerprint density at radius 2 is 2.13 bits per heavy atom. The highest BCUT2D eigenvalue weighted by atomic mass is 32.2. The van der Waals surface area contributed by atoms with Crippen molar-refractivity contribution in [3.8, 4) is 0 Å². The van der Waals surface area contributed by atoms with E-state index in [-0.39, 0.29) is 18.2 Å². The number of amides is 1. The van der Waals surface area contributed by atoms with Crippen LogP contribution in [0, 0.1) is 0 Å². The van der Waals surface area contributed by atoms with E-state index in [1.807, 2.05) is 0 Å². The summed E-state index contributed by atoms with van der Waals surface area (Å²) in [7, 11) is 0.152. The van der Waals surface area contributed by atoms with Crippen molar-refractivity contribution in [2.24, 2.45) is 7.05 Å². The molecule has 23 heavy (non-hydrogen) atoms. The molecule has 8 nitrogen and oxygen atoms in total. The van der Waals surface area contributed by atoms with E-state index in [1.165, 1.54) is 4.31 Å². The lowest BCUT2D eigenvalue weighted by molar-refractivity contribution is -0.123. The minimum atomic E-state index is -3.30. The van der Waals surface area contributed by atoms with Gasteiger partial charge in [0.15, 0.2) is 0 Å². The molecule has 1 amide bonds. The Morgan fingerprint density at radius 3 is 2.70 bits per heavy atom. The maximum Gasteiger partial charge on any atom is 0.241 e. The third-order valence-electron chi connectivity index (χ3n) is 3.63. The summed E-state index contributed by atoms with van der Waals surface area (Å²) in [5.41, 5.74) is 0.739. The average Bonchev–Trinajstić information content (AvgIpc) is 2.95. The fraction of sp³-hybridized carbons (Fsp3) is 0.692. The number of hydrogen-bond donors (Lipinski definition) is 2. The number of carbonyl (C=O) groups is 1. The van der Waals surface area contributed by atoms with E-state index < -0.39 is 16.1 Å². The summed E-state index contributed by atoms with van der Waals surface area (Å²) in [5.74, 6) is 1.32. The zero-order valence-electron chi connectivity index (χ0n) is 13.4. The molecule has 0 spiro atoms. The molecule has 2 rings (SSSR count). The molecule has 0 bridgehead atoms. The molecule has 2 N–H and O–H groups in total. The van der Waals surface area contributed by atoms with Gasteiger partial charge in [-0.1, -0.05) is 0 Å². The van der Waals surface area contributed by atoms with Crippen LogP contribution in [0.25, 0.3) is 0 Å². The van der Waals surface area contributed by atoms with Crippen molar-refractivity contribution in [2.45, 2.75) is 6.04 Å². The number of thioether (sulfide) groups is 1. The molecule has 1 atom stereocenters. The number of likely N-dealkylation sites (N-methyl/N-ethyl adjacent to an activating group) is 1. The number of nitrogens with zero attached hydrogens (tertiary/aromatic N) is 3. The highest BCUT2D eigenvalue weighted by Crippen LogP contribution is 2.13. The molecule has 0 saturated carbocycles. The summed E-state index contributed by atoms with van der Waals surface area (Å²) in [5, 5.41) is 9.64. The molecule has 0 radical (unpaired) electrons. The van der Waals surface area contributed by atoms with Gasteiger partial charge in [-0.3, -0.25) is 9.48 Å². The zero-order chi connectivity index (χ0) is 16.9. The minimum absolute atomic E-state index is 0.0765. The quantitative estimate of drug-likeness (QED) is 0.658. The van der Waals surface area contributed by atoms with E-state index in [0.717, 1.165) is 17.1 Å². The van der Waals surface area contributed by atoms with Gasteiger partial charge in [0.2, 0.25) is 15.9 Å². The second-order valence-corrected chi connectivity index (χ2v) is 8.60. The van der Waals surface area contributed by atoms with Crippen LogP contribution in [0.2, 0.25) is 0 Å². The van der Waals surface area contributed by atoms with E-state index in [0.29, 0.717) is 13.1 Å². The number of rotatable bonds is 7. The normalized spacial score (nSPS) is 17.8. The lowest BCUT2D eigenvalue weighted by Crippen LogP contribution is -2.43. The first-order valence-corrected chi connectivity index (χ1v) is 10.2. The molecule has 2 heterocycles. The van der Waals surface area contributed by atoms with E-state index in [2.05, 4.69) is 15.7 Å². The number of aromatic nitrogens is 2. The van der Waals surface area contributed by atoms with Crippen LogP contribution in [-0.2, 0) is 21.9 Å². The van der Waals surface area contributed by atoms with Gasteiger partial charge >= 0.3 is 0 Å². The van der Waals surface area contributed by atoms with Crippen LogP contribution >= 0.6 is 11.8 Å². The summed E-state index contributed by atoms with van der Waals surface area (Å²) < 4.78 is 27.6. The van der Waals surface area contributed by atoms with Gasteiger partial charge < -0.3 is 10.6 Å². The largest absolute Gasteiger partial charge is 0.353 e. The first kappa shape index (κ1) is 18.2. The van der Waals surface area contributed by atoms with Crippen molar-refractivity contribution in [3.63, 3.8) is 0 Å². The second-order valence-electron chi connectivity index (χ2n) is 5.29. The smallest absolute Gasteiger partial charge is 0.241 e. The maximum atomic E-state index is 12.2. The molecular weight excluding hydrogens is 338 g/mol. The van der Waals surface area contributed by atoms with Gasteiger partial charge in [-0.15, -0.1) is 0 Å². The van der Waals surface area contributed by atoms with Crippen LogP contribution in [0.4, 0.5) is 0 Å². The third-order valence-corrected chi connectivity index (χ3v) is 6.45. The Labute approximate surface area is 141 Å². The summed E-state index contributed by atoms with van der Waals surface area (Å²) in [6.45, 7) is 1.20. The van der Waals surface area contributed by atoms with Crippen molar-refractivity contribution >= 4 is 27.7 Å². The minimum Gasteiger partial charge on any atom is -0.353 e. The van der Waals surface area contributed by atoms with Crippen LogP contribution in [0.5, 0.6) is 0 Å². The zero-order valence-corrected chi connectivity index (χ0v) is 15.0. The molecule has 1 aromatic heterocycles. The lowest BCUT2D eigenvalue weighted by Gasteiger charge is -2.25. The number of aryl methyl sites for hydroxylation is 1. The Hall–Kier alpha value is -1.10. The average molecular weight is 361 g/mol. The van der Waals surface area contributed by atoms with E-state index in [4.69, 9.17) is 0 Å². The van der Waals surface area contributed by atoms with E-state index >= 15 is 0 Å². The van der Waals surface area contributed by atoms with Gasteiger partial charge in [0.05, 0.1) is 11.9 Å². The first-order chi connectivity index (χ1) is 10.9. The molecular formula is C13H23N5O3S2. The maximum absolute atomic E-state index is 12.2. The van der Waals surface area contributed by atoms with Gasteiger partial charge in [0.25, 0.3) is 0 Å². The van der Waals surface area contributed by atoms with Gasteiger partial charge in [0.1, 0.15) is 6.04 Å². The second kappa shape index (κ2) is 8.13. The van der Waals surface area contributed by atoms with Gasteiger partial charge in [-0.2, -0.15) is 16.9 Å². The molecule has 130 valence electrons. The van der Waals surface area contributed by atoms with E-state index in [9.17, 15) is 13.2 Å². The van der Waals surface area contributed by atoms with Crippen molar-refractivity contribution in [1.29, 1.82) is 0 Å². The Morgan fingerprint density at radius 1 is 1.43 bits per heavy atom. The molecule has 10 heteroatoms. The molecule has 1 unspecified atom stereocenters. The topological polar surface area (TPSA) is 96.3 Å². The van der Waals surface area contributed by atoms with Gasteiger partial charge in [0, 0.05) is 49.9 Å². The van der Waals surface area contributed by atoms with Crippen LogP contribution in [0.1, 0.15) is 11.6 Å². The van der Waals surface area contributed by atoms with Crippen LogP contribution < -0.4 is 10.6 Å². The molecule has 0 aromatic carbocycles. The molecule has 0 aliphatic carbocycles. The Balaban J connectivity index is 1.85. The Kier molecular flexibility index (Phi) is 6.45. The summed E-state index contributed by atoms with van der Waals surface area (Å²) in [6, 6.07) is -0.544. The Bertz CT molecular complexity index is 625. The highest BCUT2D eigenvalue weighted by molar-refractivity contribution is 7.99. The van der Waals surface area contributed by atoms with Crippen molar-refractivity contribution in [3.05, 3.63) is 18.0 Å². The van der Waals surface area contributed by atoms with Crippen molar-refractivity contribution in [2.75, 3.05) is 43.9 Å². The number of sulfonamides is 1. The van der Waals surface area contributed by atoms with Gasteiger partial charge in [-0.05, 0) is 7.05 Å². The lowest BCUT2D eigenvalue weighted by atomic mass is 10.1. The monoisotopic (exact) mass is 361 g/mol. The predicted octanol–water partition coefficient (Wildman–Crippen LogP) is -0.825. The fourth-order valence-electron chi connectivity index (χ4n) is 2.40. The molecule has 1 fully saturated rings. The van der Waals surface area contributed by atoms with Gasteiger partial charge in [-0.25, -0.2) is 12.7 Å². The number of nitrogens with one attached hydrogen (secondary N) is 2. The molecule has 1 aromatic rings. The molecule has 1 aliphatic heterocycles. The first-order valence-electron chi connectivity index (χ1n) is 7.43. The van der Waals surface area contributed by atoms with Crippen molar-refractivity contribution < 1.29 is 13.2 Å². The fourth-order valence-corrected chi connectivity index (χ4v) is 4.89. The van der Waals surface area contributed by atoms with Crippen molar-refractivity contribution in [1.82, 2.24) is 24.7 Å². The predicted molar refractivity (Wildman–Crippen MR) is 90.7 cm³/mol. The third kappa shape index (κ3) is 4.93. The summed E-state index contributed by atoms with van der Waals surface area (Å²) in [4.78, 5) is 12.2. The standard InChI is InChI=1S/C13H23N5O3S2/c1-14-12(11-9-16-17(2)10-11)13(19)15-3-8-23(20,21)18-4-6-22-7-5-18/h9-10,12,14H,3-8H2,1-2H3,(H,15,19). The van der Waals surface area contributed by atoms with Crippen LogP contribution in [-0.4, -0.2) is 72.4 Å². The summed E-state index contributed by atoms with van der Waals surface area (Å²) in [6.07, 6.45) is 3.37. The van der Waals surface area contributed by atoms with E-state index in [1.54, 1.807) is 42.9 Å². The molecule has 1 saturated heterocycles. The number of carbonyl (C=O) groups excluding carboxylic acids is 1. The number of hydrogen-bond acceptors (Lipinski definition) is 6. The van der Waals surface area contributed by atoms with Crippen LogP contribution in [0.3, 0.4) is 0 Å². The SMILES string of the molecule is CNC(C(=O)NCCS(=O)(=O)N1CCSCC1)c1cnn(C)c1. The highest BCUT2D eigenvalue weighted by Gasteiger charge is 2.25. The molecule has 1 aliphatic rings.